The van der Waals surface area contributed by atoms with Crippen LogP contribution in [0.4, 0.5) is 0 Å². The molecule has 0 radical (unpaired) electrons. The van der Waals surface area contributed by atoms with Crippen LogP contribution in [-0.2, 0) is 4.74 Å². The molecule has 1 aliphatic heterocycles. The van der Waals surface area contributed by atoms with Crippen LogP contribution in [0.15, 0.2) is 11.3 Å². The predicted molar refractivity (Wildman–Crippen MR) is 66.0 cm³/mol. The molecule has 0 aromatic carbocycles. The first kappa shape index (κ1) is 10.7. The van der Waals surface area contributed by atoms with E-state index in [1.54, 1.807) is 0 Å². The van der Waals surface area contributed by atoms with Crippen molar-refractivity contribution in [1.29, 1.82) is 0 Å². The maximum Gasteiger partial charge on any atom is 0.109 e. The van der Waals surface area contributed by atoms with Crippen LogP contribution in [-0.4, -0.2) is 5.60 Å². The first-order valence-corrected chi connectivity index (χ1v) is 6.91. The maximum atomic E-state index is 6.37. The second-order valence-electron chi connectivity index (χ2n) is 6.68. The van der Waals surface area contributed by atoms with Crippen molar-refractivity contribution < 1.29 is 4.74 Å². The van der Waals surface area contributed by atoms with Gasteiger partial charge in [-0.15, -0.1) is 0 Å². The molecule has 1 saturated carbocycles. The molecule has 1 heterocycles. The lowest BCUT2D eigenvalue weighted by Gasteiger charge is -2.42. The Morgan fingerprint density at radius 2 is 2.06 bits per heavy atom. The van der Waals surface area contributed by atoms with E-state index in [0.717, 1.165) is 23.7 Å². The molecule has 4 bridgehead atoms. The van der Waals surface area contributed by atoms with Crippen molar-refractivity contribution in [1.82, 2.24) is 0 Å². The highest BCUT2D eigenvalue weighted by atomic mass is 16.5. The van der Waals surface area contributed by atoms with Gasteiger partial charge in [0.1, 0.15) is 5.60 Å². The van der Waals surface area contributed by atoms with Crippen LogP contribution in [0.1, 0.15) is 53.4 Å². The van der Waals surface area contributed by atoms with Gasteiger partial charge in [-0.25, -0.2) is 0 Å². The summed E-state index contributed by atoms with van der Waals surface area (Å²) in [5.74, 6) is 4.64. The smallest absolute Gasteiger partial charge is 0.109 e. The fourth-order valence-corrected chi connectivity index (χ4v) is 4.42. The highest BCUT2D eigenvalue weighted by molar-refractivity contribution is 5.25. The van der Waals surface area contributed by atoms with Gasteiger partial charge >= 0.3 is 0 Å². The van der Waals surface area contributed by atoms with Crippen molar-refractivity contribution in [3.63, 3.8) is 0 Å². The third-order valence-electron chi connectivity index (χ3n) is 5.41. The second kappa shape index (κ2) is 3.27. The summed E-state index contributed by atoms with van der Waals surface area (Å²) in [5.41, 5.74) is 1.72. The normalized spacial score (nSPS) is 46.2. The van der Waals surface area contributed by atoms with Crippen molar-refractivity contribution in [2.24, 2.45) is 23.7 Å². The zero-order valence-electron chi connectivity index (χ0n) is 11.0. The summed E-state index contributed by atoms with van der Waals surface area (Å²) in [4.78, 5) is 0. The SMILES string of the molecule is CC1=C2O[C@@]3(C)CC[C@H](C(C)C)[C@@H]2[C@H]3CC1. The molecular weight excluding hydrogens is 196 g/mol. The van der Waals surface area contributed by atoms with Gasteiger partial charge < -0.3 is 4.74 Å². The first-order chi connectivity index (χ1) is 7.53. The van der Waals surface area contributed by atoms with E-state index < -0.39 is 0 Å². The molecule has 3 rings (SSSR count). The van der Waals surface area contributed by atoms with Crippen molar-refractivity contribution in [3.8, 4) is 0 Å². The van der Waals surface area contributed by atoms with Crippen LogP contribution in [0.3, 0.4) is 0 Å². The van der Waals surface area contributed by atoms with E-state index >= 15 is 0 Å². The molecule has 0 N–H and O–H groups in total. The van der Waals surface area contributed by atoms with E-state index in [4.69, 9.17) is 4.74 Å². The van der Waals surface area contributed by atoms with Crippen molar-refractivity contribution >= 4 is 0 Å². The highest BCUT2D eigenvalue weighted by Crippen LogP contribution is 2.60. The summed E-state index contributed by atoms with van der Waals surface area (Å²) in [6, 6.07) is 0. The Morgan fingerprint density at radius 1 is 1.31 bits per heavy atom. The van der Waals surface area contributed by atoms with E-state index in [1.165, 1.54) is 37.0 Å². The molecule has 0 amide bonds. The van der Waals surface area contributed by atoms with E-state index in [-0.39, 0.29) is 5.60 Å². The molecule has 90 valence electrons. The van der Waals surface area contributed by atoms with Crippen LogP contribution >= 0.6 is 0 Å². The number of ether oxygens (including phenoxy) is 1. The van der Waals surface area contributed by atoms with E-state index in [1.807, 2.05) is 0 Å². The van der Waals surface area contributed by atoms with Crippen LogP contribution < -0.4 is 0 Å². The molecule has 1 saturated heterocycles. The average Bonchev–Trinajstić information content (AvgIpc) is 2.33. The molecule has 1 nitrogen and oxygen atoms in total. The number of hydrogen-bond donors (Lipinski definition) is 0. The quantitative estimate of drug-likeness (QED) is 0.645. The summed E-state index contributed by atoms with van der Waals surface area (Å²) >= 11 is 0. The number of rotatable bonds is 1. The fraction of sp³-hybridized carbons (Fsp3) is 0.867. The molecule has 0 spiro atoms. The molecule has 1 heteroatoms. The lowest BCUT2D eigenvalue weighted by Crippen LogP contribution is -2.42. The lowest BCUT2D eigenvalue weighted by atomic mass is 9.60. The predicted octanol–water partition coefficient (Wildman–Crippen LogP) is 4.14. The van der Waals surface area contributed by atoms with Gasteiger partial charge in [0.2, 0.25) is 0 Å². The molecule has 3 aliphatic rings. The number of allylic oxidation sites excluding steroid dienone is 2. The van der Waals surface area contributed by atoms with Gasteiger partial charge in [-0.05, 0) is 56.9 Å². The molecule has 4 atom stereocenters. The molecule has 2 aliphatic carbocycles. The Bertz CT molecular complexity index is 341. The highest BCUT2D eigenvalue weighted by Gasteiger charge is 2.57. The van der Waals surface area contributed by atoms with Crippen molar-refractivity contribution in [3.05, 3.63) is 11.3 Å². The minimum atomic E-state index is 0.184. The van der Waals surface area contributed by atoms with Crippen LogP contribution in [0.25, 0.3) is 0 Å². The maximum absolute atomic E-state index is 6.37. The Hall–Kier alpha value is -0.460. The Labute approximate surface area is 99.3 Å². The average molecular weight is 220 g/mol. The van der Waals surface area contributed by atoms with Crippen LogP contribution in [0, 0.1) is 23.7 Å². The van der Waals surface area contributed by atoms with Gasteiger partial charge in [0.05, 0.1) is 5.76 Å². The van der Waals surface area contributed by atoms with Crippen LogP contribution in [0.5, 0.6) is 0 Å². The summed E-state index contributed by atoms with van der Waals surface area (Å²) in [7, 11) is 0. The van der Waals surface area contributed by atoms with Crippen LogP contribution in [0.2, 0.25) is 0 Å². The minimum Gasteiger partial charge on any atom is -0.491 e. The third-order valence-corrected chi connectivity index (χ3v) is 5.41. The zero-order valence-corrected chi connectivity index (χ0v) is 11.0. The summed E-state index contributed by atoms with van der Waals surface area (Å²) < 4.78 is 6.37. The summed E-state index contributed by atoms with van der Waals surface area (Å²) in [5, 5.41) is 0. The number of hydrogen-bond acceptors (Lipinski definition) is 1. The zero-order chi connectivity index (χ0) is 11.5. The standard InChI is InChI=1S/C15H24O/c1-9(2)11-7-8-15(4)12-6-5-10(3)14(16-15)13(11)12/h9,11-13H,5-8H2,1-4H3/t11-,12-,13-,15+/m1/s1. The van der Waals surface area contributed by atoms with Gasteiger partial charge in [-0.1, -0.05) is 13.8 Å². The van der Waals surface area contributed by atoms with Gasteiger partial charge in [-0.3, -0.25) is 0 Å². The summed E-state index contributed by atoms with van der Waals surface area (Å²) in [6.45, 7) is 9.41. The molecule has 16 heavy (non-hydrogen) atoms. The minimum absolute atomic E-state index is 0.184. The Balaban J connectivity index is 2.04. The Morgan fingerprint density at radius 3 is 2.75 bits per heavy atom. The van der Waals surface area contributed by atoms with Gasteiger partial charge in [0.25, 0.3) is 0 Å². The molecular formula is C15H24O. The summed E-state index contributed by atoms with van der Waals surface area (Å²) in [6.07, 6.45) is 5.27. The van der Waals surface area contributed by atoms with Gasteiger partial charge in [0.15, 0.2) is 0 Å². The van der Waals surface area contributed by atoms with E-state index in [9.17, 15) is 0 Å². The van der Waals surface area contributed by atoms with Gasteiger partial charge in [-0.2, -0.15) is 0 Å². The van der Waals surface area contributed by atoms with Crippen molar-refractivity contribution in [2.75, 3.05) is 0 Å². The van der Waals surface area contributed by atoms with E-state index in [2.05, 4.69) is 27.7 Å². The van der Waals surface area contributed by atoms with E-state index in [0.29, 0.717) is 0 Å². The largest absolute Gasteiger partial charge is 0.491 e. The molecule has 0 aromatic heterocycles. The Kier molecular flexibility index (Phi) is 2.18. The van der Waals surface area contributed by atoms with Gasteiger partial charge in [0, 0.05) is 11.8 Å². The lowest BCUT2D eigenvalue weighted by molar-refractivity contribution is -0.00944. The topological polar surface area (TPSA) is 9.23 Å². The second-order valence-corrected chi connectivity index (χ2v) is 6.68. The first-order valence-electron chi connectivity index (χ1n) is 6.91. The molecule has 2 fully saturated rings. The van der Waals surface area contributed by atoms with Crippen molar-refractivity contribution in [2.45, 2.75) is 59.0 Å². The monoisotopic (exact) mass is 220 g/mol. The fourth-order valence-electron chi connectivity index (χ4n) is 4.42. The molecule has 0 unspecified atom stereocenters. The molecule has 0 aromatic rings. The third kappa shape index (κ3) is 1.23.